The average molecular weight is 399 g/mol. The molecule has 0 fully saturated rings. The molecule has 0 aliphatic heterocycles. The fraction of sp³-hybridized carbons (Fsp3) is 0.227. The molecule has 0 saturated heterocycles. The quantitative estimate of drug-likeness (QED) is 0.595. The van der Waals surface area contributed by atoms with Crippen molar-refractivity contribution in [2.45, 2.75) is 32.9 Å². The molecule has 3 rings (SSSR count). The number of amides is 1. The molecule has 0 aliphatic carbocycles. The van der Waals surface area contributed by atoms with Gasteiger partial charge in [0, 0.05) is 17.8 Å². The number of hydrogen-bond acceptors (Lipinski definition) is 3. The first-order valence-corrected chi connectivity index (χ1v) is 9.06. The van der Waals surface area contributed by atoms with E-state index in [9.17, 15) is 18.0 Å². The predicted molar refractivity (Wildman–Crippen MR) is 108 cm³/mol. The van der Waals surface area contributed by atoms with E-state index in [4.69, 9.17) is 0 Å². The summed E-state index contributed by atoms with van der Waals surface area (Å²) in [5.41, 5.74) is 4.29. The normalized spacial score (nSPS) is 12.1. The maximum atomic E-state index is 12.6. The Bertz CT molecular complexity index is 1090. The molecule has 0 aliphatic rings. The zero-order valence-electron chi connectivity index (χ0n) is 16.2. The van der Waals surface area contributed by atoms with E-state index in [-0.39, 0.29) is 12.0 Å². The number of carbonyl (C=O) groups is 1. The van der Waals surface area contributed by atoms with Crippen molar-refractivity contribution < 1.29 is 18.0 Å². The van der Waals surface area contributed by atoms with E-state index >= 15 is 0 Å². The van der Waals surface area contributed by atoms with E-state index in [1.807, 2.05) is 6.07 Å². The summed E-state index contributed by atoms with van der Waals surface area (Å²) in [7, 11) is 0. The van der Waals surface area contributed by atoms with Crippen molar-refractivity contribution >= 4 is 28.7 Å². The fourth-order valence-electron chi connectivity index (χ4n) is 2.84. The highest BCUT2D eigenvalue weighted by Gasteiger charge is 2.21. The first kappa shape index (κ1) is 20.5. The second kappa shape index (κ2) is 8.03. The Morgan fingerprint density at radius 1 is 1.07 bits per heavy atom. The Labute approximate surface area is 166 Å². The molecule has 29 heavy (non-hydrogen) atoms. The zero-order valence-corrected chi connectivity index (χ0v) is 16.2. The third kappa shape index (κ3) is 5.19. The molecule has 2 aromatic heterocycles. The van der Waals surface area contributed by atoms with Gasteiger partial charge in [-0.3, -0.25) is 14.8 Å². The van der Waals surface area contributed by atoms with Gasteiger partial charge in [0.1, 0.15) is 0 Å². The Morgan fingerprint density at radius 2 is 1.76 bits per heavy atom. The number of anilines is 1. The number of rotatable bonds is 4. The molecule has 1 amide bonds. The summed E-state index contributed by atoms with van der Waals surface area (Å²) in [5, 5.41) is 2.76. The van der Waals surface area contributed by atoms with Gasteiger partial charge >= 0.3 is 6.18 Å². The molecule has 2 heterocycles. The minimum Gasteiger partial charge on any atom is -0.321 e. The zero-order chi connectivity index (χ0) is 21.2. The summed E-state index contributed by atoms with van der Waals surface area (Å²) in [6.07, 6.45) is 0.107. The molecule has 0 unspecified atom stereocenters. The van der Waals surface area contributed by atoms with Crippen LogP contribution in [-0.4, -0.2) is 22.1 Å². The summed E-state index contributed by atoms with van der Waals surface area (Å²) in [6, 6.07) is 8.21. The third-order valence-electron chi connectivity index (χ3n) is 4.44. The van der Waals surface area contributed by atoms with Crippen LogP contribution in [0, 0.1) is 6.92 Å². The van der Waals surface area contributed by atoms with Crippen LogP contribution in [0.15, 0.2) is 48.8 Å². The highest BCUT2D eigenvalue weighted by atomic mass is 19.4. The second-order valence-electron chi connectivity index (χ2n) is 7.09. The van der Waals surface area contributed by atoms with Gasteiger partial charge in [-0.1, -0.05) is 32.1 Å². The first-order chi connectivity index (χ1) is 13.6. The van der Waals surface area contributed by atoms with E-state index in [0.29, 0.717) is 33.8 Å². The molecule has 150 valence electrons. The number of carbonyl (C=O) groups excluding carboxylic acids is 1. The van der Waals surface area contributed by atoms with Crippen molar-refractivity contribution in [3.8, 4) is 0 Å². The number of pyridine rings is 2. The largest absolute Gasteiger partial charge is 0.409 e. The molecule has 1 aromatic carbocycles. The van der Waals surface area contributed by atoms with Crippen LogP contribution < -0.4 is 5.32 Å². The average Bonchev–Trinajstić information content (AvgIpc) is 2.65. The Morgan fingerprint density at radius 3 is 2.41 bits per heavy atom. The van der Waals surface area contributed by atoms with Crippen LogP contribution in [0.2, 0.25) is 0 Å². The maximum absolute atomic E-state index is 12.6. The molecule has 0 atom stereocenters. The topological polar surface area (TPSA) is 54.9 Å². The van der Waals surface area contributed by atoms with Crippen LogP contribution in [0.4, 0.5) is 18.9 Å². The van der Waals surface area contributed by atoms with Crippen molar-refractivity contribution in [1.29, 1.82) is 0 Å². The molecular weight excluding hydrogens is 379 g/mol. The number of halogens is 3. The lowest BCUT2D eigenvalue weighted by Gasteiger charge is -2.10. The number of aryl methyl sites for hydroxylation is 1. The molecule has 0 radical (unpaired) electrons. The minimum absolute atomic E-state index is 0.167. The molecule has 0 spiro atoms. The number of aromatic nitrogens is 2. The third-order valence-corrected chi connectivity index (χ3v) is 4.44. The van der Waals surface area contributed by atoms with Crippen LogP contribution in [0.3, 0.4) is 0 Å². The Kier molecular flexibility index (Phi) is 5.68. The lowest BCUT2D eigenvalue weighted by molar-refractivity contribution is -0.0790. The van der Waals surface area contributed by atoms with Crippen LogP contribution in [0.1, 0.15) is 46.8 Å². The maximum Gasteiger partial charge on any atom is 0.409 e. The standard InChI is InChI=1S/C22H20F3N3O/c1-13(2)16-9-19-20(26-11-16)10-17(12-27-19)28-21(29)18-5-4-15(8-14(18)3)6-7-22(23,24)25/h4-13H,1-3H3,(H,28,29)/b7-6+. The van der Waals surface area contributed by atoms with Crippen molar-refractivity contribution in [3.63, 3.8) is 0 Å². The minimum atomic E-state index is -4.38. The number of nitrogens with one attached hydrogen (secondary N) is 1. The van der Waals surface area contributed by atoms with Crippen molar-refractivity contribution in [3.05, 3.63) is 71.1 Å². The highest BCUT2D eigenvalue weighted by molar-refractivity contribution is 6.05. The smallest absolute Gasteiger partial charge is 0.321 e. The molecular formula is C22H20F3N3O. The number of nitrogens with zero attached hydrogens (tertiary/aromatic N) is 2. The molecule has 0 bridgehead atoms. The highest BCUT2D eigenvalue weighted by Crippen LogP contribution is 2.22. The summed E-state index contributed by atoms with van der Waals surface area (Å²) < 4.78 is 36.9. The van der Waals surface area contributed by atoms with Crippen LogP contribution >= 0.6 is 0 Å². The molecule has 7 heteroatoms. The van der Waals surface area contributed by atoms with Crippen LogP contribution in [0.5, 0.6) is 0 Å². The monoisotopic (exact) mass is 399 g/mol. The fourth-order valence-corrected chi connectivity index (χ4v) is 2.84. The lowest BCUT2D eigenvalue weighted by Crippen LogP contribution is -2.13. The van der Waals surface area contributed by atoms with Gasteiger partial charge in [-0.25, -0.2) is 0 Å². The van der Waals surface area contributed by atoms with Crippen LogP contribution in [-0.2, 0) is 0 Å². The van der Waals surface area contributed by atoms with Crippen LogP contribution in [0.25, 0.3) is 17.1 Å². The first-order valence-electron chi connectivity index (χ1n) is 9.06. The number of hydrogen-bond donors (Lipinski definition) is 1. The van der Waals surface area contributed by atoms with Gasteiger partial charge in [-0.2, -0.15) is 13.2 Å². The summed E-state index contributed by atoms with van der Waals surface area (Å²) in [4.78, 5) is 21.3. The summed E-state index contributed by atoms with van der Waals surface area (Å²) >= 11 is 0. The predicted octanol–water partition coefficient (Wildman–Crippen LogP) is 5.89. The Balaban J connectivity index is 1.79. The SMILES string of the molecule is Cc1cc(/C=C/C(F)(F)F)ccc1C(=O)Nc1cnc2cc(C(C)C)cnc2c1. The second-order valence-corrected chi connectivity index (χ2v) is 7.09. The van der Waals surface area contributed by atoms with Crippen molar-refractivity contribution in [2.75, 3.05) is 5.32 Å². The van der Waals surface area contributed by atoms with E-state index in [1.165, 1.54) is 18.2 Å². The Hall–Kier alpha value is -3.22. The number of benzene rings is 1. The van der Waals surface area contributed by atoms with Gasteiger partial charge < -0.3 is 5.32 Å². The number of alkyl halides is 3. The number of fused-ring (bicyclic) bond motifs is 1. The number of allylic oxidation sites excluding steroid dienone is 1. The van der Waals surface area contributed by atoms with Crippen molar-refractivity contribution in [1.82, 2.24) is 9.97 Å². The van der Waals surface area contributed by atoms with E-state index in [1.54, 1.807) is 25.4 Å². The molecule has 4 nitrogen and oxygen atoms in total. The van der Waals surface area contributed by atoms with Gasteiger partial charge in [-0.15, -0.1) is 0 Å². The molecule has 1 N–H and O–H groups in total. The molecule has 0 saturated carbocycles. The van der Waals surface area contributed by atoms with Gasteiger partial charge in [-0.05, 0) is 47.7 Å². The van der Waals surface area contributed by atoms with E-state index in [2.05, 4.69) is 29.1 Å². The van der Waals surface area contributed by atoms with Gasteiger partial charge in [0.2, 0.25) is 0 Å². The molecule has 3 aromatic rings. The van der Waals surface area contributed by atoms with Gasteiger partial charge in [0.05, 0.1) is 22.9 Å². The summed E-state index contributed by atoms with van der Waals surface area (Å²) in [5.74, 6) is -0.0289. The van der Waals surface area contributed by atoms with E-state index in [0.717, 1.165) is 17.2 Å². The van der Waals surface area contributed by atoms with E-state index < -0.39 is 6.18 Å². The lowest BCUT2D eigenvalue weighted by atomic mass is 10.0. The van der Waals surface area contributed by atoms with Gasteiger partial charge in [0.15, 0.2) is 0 Å². The van der Waals surface area contributed by atoms with Gasteiger partial charge in [0.25, 0.3) is 5.91 Å². The van der Waals surface area contributed by atoms with Crippen molar-refractivity contribution in [2.24, 2.45) is 0 Å². The summed E-state index contributed by atoms with van der Waals surface area (Å²) in [6.45, 7) is 5.82.